The molecule has 0 aliphatic rings. The molecule has 0 aromatic carbocycles. The van der Waals surface area contributed by atoms with Gasteiger partial charge in [-0.15, -0.1) is 11.3 Å². The summed E-state index contributed by atoms with van der Waals surface area (Å²) in [6.07, 6.45) is 8.31. The lowest BCUT2D eigenvalue weighted by Crippen LogP contribution is -2.04. The van der Waals surface area contributed by atoms with Crippen LogP contribution in [0.2, 0.25) is 0 Å². The minimum atomic E-state index is 0.875. The van der Waals surface area contributed by atoms with Gasteiger partial charge in [0.05, 0.1) is 0 Å². The van der Waals surface area contributed by atoms with Crippen molar-refractivity contribution >= 4 is 11.3 Å². The molecule has 0 saturated heterocycles. The smallest absolute Gasteiger partial charge is 0.0462 e. The summed E-state index contributed by atoms with van der Waals surface area (Å²) in [4.78, 5) is 3.03. The van der Waals surface area contributed by atoms with Crippen LogP contribution in [-0.4, -0.2) is 32.0 Å². The highest BCUT2D eigenvalue weighted by atomic mass is 32.1. The van der Waals surface area contributed by atoms with Gasteiger partial charge in [0.15, 0.2) is 0 Å². The molecular weight excluding hydrogens is 390 g/mol. The van der Waals surface area contributed by atoms with Crippen LogP contribution >= 0.6 is 11.3 Å². The first kappa shape index (κ1) is 26.9. The van der Waals surface area contributed by atoms with E-state index in [2.05, 4.69) is 52.2 Å². The lowest BCUT2D eigenvalue weighted by Gasteiger charge is -2.09. The maximum absolute atomic E-state index is 5.07. The molecule has 0 atom stereocenters. The highest BCUT2D eigenvalue weighted by Gasteiger charge is 2.10. The standard InChI is InChI=1S/C13H23NO.C13H22OS/c1-5-13-10-11(2)14(12(13)3)8-6-7-9-15-4;1-5-12-10(2)15-11(3)13(12)8-6-7-9-14-4/h10H,5-9H2,1-4H3;5-9H2,1-4H3. The molecule has 0 spiro atoms. The Kier molecular flexibility index (Phi) is 13.3. The number of hydrogen-bond acceptors (Lipinski definition) is 3. The Bertz CT molecular complexity index is 730. The predicted molar refractivity (Wildman–Crippen MR) is 132 cm³/mol. The van der Waals surface area contributed by atoms with Crippen molar-refractivity contribution in [3.63, 3.8) is 0 Å². The highest BCUT2D eigenvalue weighted by Crippen LogP contribution is 2.29. The van der Waals surface area contributed by atoms with Crippen LogP contribution in [0, 0.1) is 27.7 Å². The number of methoxy groups -OCH3 is 2. The van der Waals surface area contributed by atoms with E-state index in [-0.39, 0.29) is 0 Å². The minimum Gasteiger partial charge on any atom is -0.385 e. The van der Waals surface area contributed by atoms with E-state index in [0.29, 0.717) is 0 Å². The fourth-order valence-corrected chi connectivity index (χ4v) is 5.40. The van der Waals surface area contributed by atoms with Crippen LogP contribution < -0.4 is 0 Å². The van der Waals surface area contributed by atoms with Crippen LogP contribution in [0.4, 0.5) is 0 Å². The van der Waals surface area contributed by atoms with Crippen LogP contribution in [-0.2, 0) is 35.3 Å². The molecule has 0 unspecified atom stereocenters. The Morgan fingerprint density at radius 3 is 1.93 bits per heavy atom. The maximum atomic E-state index is 5.07. The largest absolute Gasteiger partial charge is 0.385 e. The number of hydrogen-bond donors (Lipinski definition) is 0. The molecular formula is C26H45NO2S. The predicted octanol–water partition coefficient (Wildman–Crippen LogP) is 6.99. The Labute approximate surface area is 189 Å². The molecule has 30 heavy (non-hydrogen) atoms. The van der Waals surface area contributed by atoms with E-state index in [4.69, 9.17) is 9.47 Å². The molecule has 0 aliphatic carbocycles. The zero-order valence-corrected chi connectivity index (χ0v) is 21.6. The first-order valence-electron chi connectivity index (χ1n) is 11.6. The molecule has 2 aromatic rings. The number of unbranched alkanes of at least 4 members (excludes halogenated alkanes) is 2. The van der Waals surface area contributed by atoms with Crippen molar-refractivity contribution in [3.8, 4) is 0 Å². The third-order valence-corrected chi connectivity index (χ3v) is 7.04. The second-order valence-electron chi connectivity index (χ2n) is 8.08. The summed E-state index contributed by atoms with van der Waals surface area (Å²) >= 11 is 1.95. The minimum absolute atomic E-state index is 0.875. The quantitative estimate of drug-likeness (QED) is 0.335. The molecule has 2 aromatic heterocycles. The first-order valence-corrected chi connectivity index (χ1v) is 12.4. The van der Waals surface area contributed by atoms with Crippen molar-refractivity contribution in [1.29, 1.82) is 0 Å². The second kappa shape index (κ2) is 14.8. The molecule has 0 N–H and O–H groups in total. The Morgan fingerprint density at radius 2 is 1.40 bits per heavy atom. The van der Waals surface area contributed by atoms with E-state index in [1.54, 1.807) is 25.3 Å². The summed E-state index contributed by atoms with van der Waals surface area (Å²) in [7, 11) is 3.54. The van der Waals surface area contributed by atoms with Crippen molar-refractivity contribution < 1.29 is 9.47 Å². The van der Waals surface area contributed by atoms with Gasteiger partial charge in [-0.25, -0.2) is 0 Å². The normalized spacial score (nSPS) is 10.9. The summed E-state index contributed by atoms with van der Waals surface area (Å²) < 4.78 is 12.6. The first-order chi connectivity index (χ1) is 14.4. The van der Waals surface area contributed by atoms with E-state index >= 15 is 0 Å². The van der Waals surface area contributed by atoms with E-state index < -0.39 is 0 Å². The number of rotatable bonds is 12. The molecule has 0 aliphatic heterocycles. The van der Waals surface area contributed by atoms with Crippen molar-refractivity contribution in [2.75, 3.05) is 27.4 Å². The Hall–Kier alpha value is -1.10. The molecule has 0 radical (unpaired) electrons. The summed E-state index contributed by atoms with van der Waals surface area (Å²) in [5.74, 6) is 0. The monoisotopic (exact) mass is 435 g/mol. The molecule has 0 saturated carbocycles. The van der Waals surface area contributed by atoms with Gasteiger partial charge in [-0.05, 0) is 95.4 Å². The van der Waals surface area contributed by atoms with Gasteiger partial charge in [0.1, 0.15) is 0 Å². The van der Waals surface area contributed by atoms with Crippen molar-refractivity contribution in [2.45, 2.75) is 93.0 Å². The van der Waals surface area contributed by atoms with Crippen molar-refractivity contribution in [2.24, 2.45) is 0 Å². The fourth-order valence-electron chi connectivity index (χ4n) is 4.21. The molecule has 3 nitrogen and oxygen atoms in total. The van der Waals surface area contributed by atoms with Crippen molar-refractivity contribution in [3.05, 3.63) is 43.9 Å². The van der Waals surface area contributed by atoms with Crippen LogP contribution in [0.5, 0.6) is 0 Å². The average Bonchev–Trinajstić information content (AvgIpc) is 3.16. The zero-order valence-electron chi connectivity index (χ0n) is 20.8. The number of aromatic nitrogens is 1. The average molecular weight is 436 g/mol. The molecule has 2 heterocycles. The molecule has 0 fully saturated rings. The van der Waals surface area contributed by atoms with E-state index in [0.717, 1.165) is 32.6 Å². The van der Waals surface area contributed by atoms with E-state index in [1.807, 2.05) is 11.3 Å². The lowest BCUT2D eigenvalue weighted by atomic mass is 10.0. The number of nitrogens with zero attached hydrogens (tertiary/aromatic N) is 1. The molecule has 4 heteroatoms. The highest BCUT2D eigenvalue weighted by molar-refractivity contribution is 7.12. The molecule has 0 bridgehead atoms. The molecule has 2 rings (SSSR count). The SMILES string of the molecule is CCc1c(C)sc(C)c1CCCCOC.CCc1cc(C)n(CCCCOC)c1C. The van der Waals surface area contributed by atoms with Gasteiger partial charge in [-0.2, -0.15) is 0 Å². The number of thiophene rings is 1. The number of ether oxygens (including phenoxy) is 2. The third-order valence-electron chi connectivity index (χ3n) is 5.94. The van der Waals surface area contributed by atoms with Gasteiger partial charge in [0, 0.05) is 55.1 Å². The van der Waals surface area contributed by atoms with Gasteiger partial charge in [0.25, 0.3) is 0 Å². The maximum Gasteiger partial charge on any atom is 0.0462 e. The van der Waals surface area contributed by atoms with Crippen LogP contribution in [0.25, 0.3) is 0 Å². The summed E-state index contributed by atoms with van der Waals surface area (Å²) in [6, 6.07) is 2.31. The van der Waals surface area contributed by atoms with Gasteiger partial charge in [-0.3, -0.25) is 0 Å². The fraction of sp³-hybridized carbons (Fsp3) is 0.692. The zero-order chi connectivity index (χ0) is 22.5. The van der Waals surface area contributed by atoms with Crippen LogP contribution in [0.3, 0.4) is 0 Å². The van der Waals surface area contributed by atoms with Gasteiger partial charge >= 0.3 is 0 Å². The van der Waals surface area contributed by atoms with Crippen LogP contribution in [0.1, 0.15) is 77.4 Å². The topological polar surface area (TPSA) is 23.4 Å². The summed E-state index contributed by atoms with van der Waals surface area (Å²) in [5, 5.41) is 0. The van der Waals surface area contributed by atoms with E-state index in [9.17, 15) is 0 Å². The second-order valence-corrected chi connectivity index (χ2v) is 9.51. The van der Waals surface area contributed by atoms with E-state index in [1.165, 1.54) is 58.8 Å². The van der Waals surface area contributed by atoms with Crippen LogP contribution in [0.15, 0.2) is 6.07 Å². The van der Waals surface area contributed by atoms with Gasteiger partial charge in [-0.1, -0.05) is 13.8 Å². The lowest BCUT2D eigenvalue weighted by molar-refractivity contribution is 0.191. The summed E-state index contributed by atoms with van der Waals surface area (Å²) in [6.45, 7) is 16.3. The molecule has 0 amide bonds. The van der Waals surface area contributed by atoms with Gasteiger partial charge in [0.2, 0.25) is 0 Å². The van der Waals surface area contributed by atoms with Crippen molar-refractivity contribution in [1.82, 2.24) is 4.57 Å². The Balaban J connectivity index is 0.000000300. The number of aryl methyl sites for hydroxylation is 4. The Morgan fingerprint density at radius 1 is 0.800 bits per heavy atom. The third kappa shape index (κ3) is 8.20. The summed E-state index contributed by atoms with van der Waals surface area (Å²) in [5.41, 5.74) is 7.51. The molecule has 172 valence electrons. The van der Waals surface area contributed by atoms with Gasteiger partial charge < -0.3 is 14.0 Å².